The van der Waals surface area contributed by atoms with E-state index in [1.165, 1.54) is 11.1 Å². The van der Waals surface area contributed by atoms with E-state index in [1.54, 1.807) is 4.90 Å². The first kappa shape index (κ1) is 19.9. The van der Waals surface area contributed by atoms with E-state index in [-0.39, 0.29) is 29.8 Å². The van der Waals surface area contributed by atoms with E-state index in [0.717, 1.165) is 38.9 Å². The van der Waals surface area contributed by atoms with Crippen LogP contribution < -0.4 is 5.32 Å². The highest BCUT2D eigenvalue weighted by Gasteiger charge is 2.30. The lowest BCUT2D eigenvalue weighted by atomic mass is 9.85. The van der Waals surface area contributed by atoms with Crippen molar-refractivity contribution in [3.8, 4) is 0 Å². The third-order valence-electron chi connectivity index (χ3n) is 5.79. The molecule has 1 saturated heterocycles. The molecular weight excluding hydrogens is 338 g/mol. The van der Waals surface area contributed by atoms with Gasteiger partial charge < -0.3 is 10.2 Å². The van der Waals surface area contributed by atoms with Crippen molar-refractivity contribution >= 4 is 11.8 Å². The highest BCUT2D eigenvalue weighted by Crippen LogP contribution is 2.24. The van der Waals surface area contributed by atoms with E-state index >= 15 is 0 Å². The van der Waals surface area contributed by atoms with Crippen molar-refractivity contribution in [3.05, 3.63) is 35.4 Å². The van der Waals surface area contributed by atoms with Crippen molar-refractivity contribution in [1.29, 1.82) is 0 Å². The summed E-state index contributed by atoms with van der Waals surface area (Å²) in [4.78, 5) is 28.8. The lowest BCUT2D eigenvalue weighted by Gasteiger charge is -2.38. The summed E-state index contributed by atoms with van der Waals surface area (Å²) < 4.78 is 0. The van der Waals surface area contributed by atoms with Crippen molar-refractivity contribution < 1.29 is 9.59 Å². The predicted molar refractivity (Wildman–Crippen MR) is 107 cm³/mol. The van der Waals surface area contributed by atoms with E-state index in [4.69, 9.17) is 0 Å². The van der Waals surface area contributed by atoms with Crippen LogP contribution in [0.3, 0.4) is 0 Å². The minimum Gasteiger partial charge on any atom is -0.350 e. The second-order valence-corrected chi connectivity index (χ2v) is 9.01. The average molecular weight is 372 g/mol. The number of piperidine rings is 1. The molecule has 2 aliphatic rings. The molecule has 0 bridgehead atoms. The van der Waals surface area contributed by atoms with Gasteiger partial charge in [0.25, 0.3) is 0 Å². The molecule has 2 heterocycles. The number of nitrogens with one attached hydrogen (secondary N) is 1. The maximum absolute atomic E-state index is 12.6. The lowest BCUT2D eigenvalue weighted by molar-refractivity contribution is -0.138. The van der Waals surface area contributed by atoms with E-state index in [1.807, 2.05) is 0 Å². The number of carbonyl (C=O) groups is 2. The van der Waals surface area contributed by atoms with Gasteiger partial charge in [-0.15, -0.1) is 0 Å². The van der Waals surface area contributed by atoms with Gasteiger partial charge in [-0.1, -0.05) is 45.0 Å². The van der Waals surface area contributed by atoms with E-state index in [9.17, 15) is 9.59 Å². The molecule has 0 radical (unpaired) electrons. The first-order valence-corrected chi connectivity index (χ1v) is 10.2. The lowest BCUT2D eigenvalue weighted by Crippen LogP contribution is -2.54. The van der Waals surface area contributed by atoms with Crippen molar-refractivity contribution in [2.75, 3.05) is 26.2 Å². The summed E-state index contributed by atoms with van der Waals surface area (Å²) in [7, 11) is 0. The van der Waals surface area contributed by atoms with Crippen molar-refractivity contribution in [2.45, 2.75) is 59.0 Å². The van der Waals surface area contributed by atoms with E-state index in [0.29, 0.717) is 13.0 Å². The summed E-state index contributed by atoms with van der Waals surface area (Å²) in [5, 5.41) is 3.22. The fraction of sp³-hybridized carbons (Fsp3) is 0.636. The Morgan fingerprint density at radius 3 is 2.56 bits per heavy atom. The van der Waals surface area contributed by atoms with Crippen LogP contribution in [0.5, 0.6) is 0 Å². The Balaban J connectivity index is 1.59. The third-order valence-corrected chi connectivity index (χ3v) is 5.79. The molecule has 148 valence electrons. The standard InChI is InChI=1S/C22H33N3O2/c1-22(2,3)19(23-20(26)16-25-12-7-6-10-21(25)27)15-24-13-11-17-8-4-5-9-18(17)14-24/h4-5,8-9,19H,6-7,10-16H2,1-3H3,(H,23,26)/t19-/m0/s1. The number of hydrogen-bond donors (Lipinski definition) is 1. The fourth-order valence-corrected chi connectivity index (χ4v) is 3.95. The molecule has 0 aliphatic carbocycles. The van der Waals surface area contributed by atoms with Crippen molar-refractivity contribution in [3.63, 3.8) is 0 Å². The zero-order chi connectivity index (χ0) is 19.4. The molecule has 5 nitrogen and oxygen atoms in total. The van der Waals surface area contributed by atoms with Gasteiger partial charge in [0.1, 0.15) is 0 Å². The van der Waals surface area contributed by atoms with Gasteiger partial charge in [-0.2, -0.15) is 0 Å². The minimum atomic E-state index is -0.0431. The molecule has 2 aliphatic heterocycles. The summed E-state index contributed by atoms with van der Waals surface area (Å²) in [5.74, 6) is 0.0685. The summed E-state index contributed by atoms with van der Waals surface area (Å²) >= 11 is 0. The van der Waals surface area contributed by atoms with Crippen LogP contribution in [0.1, 0.15) is 51.2 Å². The number of carbonyl (C=O) groups excluding carboxylic acids is 2. The molecule has 1 aromatic rings. The SMILES string of the molecule is CC(C)(C)[C@H](CN1CCc2ccccc2C1)NC(=O)CN1CCCCC1=O. The maximum atomic E-state index is 12.6. The van der Waals surface area contributed by atoms with Crippen LogP contribution in [0.4, 0.5) is 0 Å². The van der Waals surface area contributed by atoms with Crippen LogP contribution >= 0.6 is 0 Å². The number of rotatable bonds is 5. The normalized spacial score (nSPS) is 19.5. The van der Waals surface area contributed by atoms with Gasteiger partial charge in [-0.05, 0) is 35.8 Å². The van der Waals surface area contributed by atoms with Gasteiger partial charge in [0, 0.05) is 38.6 Å². The monoisotopic (exact) mass is 371 g/mol. The van der Waals surface area contributed by atoms with Crippen LogP contribution in [-0.4, -0.2) is 53.8 Å². The first-order chi connectivity index (χ1) is 12.8. The molecule has 0 unspecified atom stereocenters. The Bertz CT molecular complexity index is 680. The van der Waals surface area contributed by atoms with Gasteiger partial charge in [-0.3, -0.25) is 14.5 Å². The highest BCUT2D eigenvalue weighted by molar-refractivity contribution is 5.85. The topological polar surface area (TPSA) is 52.7 Å². The van der Waals surface area contributed by atoms with Crippen LogP contribution in [0.25, 0.3) is 0 Å². The third kappa shape index (κ3) is 5.32. The van der Waals surface area contributed by atoms with E-state index < -0.39 is 0 Å². The number of hydrogen-bond acceptors (Lipinski definition) is 3. The van der Waals surface area contributed by atoms with Crippen molar-refractivity contribution in [2.24, 2.45) is 5.41 Å². The molecule has 1 fully saturated rings. The summed E-state index contributed by atoms with van der Waals surface area (Å²) in [6.07, 6.45) is 3.57. The van der Waals surface area contributed by atoms with E-state index in [2.05, 4.69) is 55.3 Å². The average Bonchev–Trinajstić information content (AvgIpc) is 2.62. The molecule has 0 saturated carbocycles. The number of amides is 2. The van der Waals surface area contributed by atoms with Crippen LogP contribution in [0.15, 0.2) is 24.3 Å². The number of likely N-dealkylation sites (tertiary alicyclic amines) is 1. The second-order valence-electron chi connectivity index (χ2n) is 9.01. The zero-order valence-corrected chi connectivity index (χ0v) is 17.0. The van der Waals surface area contributed by atoms with Crippen LogP contribution in [0.2, 0.25) is 0 Å². The number of fused-ring (bicyclic) bond motifs is 1. The first-order valence-electron chi connectivity index (χ1n) is 10.2. The molecule has 2 amide bonds. The van der Waals surface area contributed by atoms with Crippen molar-refractivity contribution in [1.82, 2.24) is 15.1 Å². The molecule has 5 heteroatoms. The summed E-state index contributed by atoms with van der Waals surface area (Å²) in [6, 6.07) is 8.67. The fourth-order valence-electron chi connectivity index (χ4n) is 3.95. The summed E-state index contributed by atoms with van der Waals surface area (Å²) in [6.45, 7) is 10.2. The smallest absolute Gasteiger partial charge is 0.239 e. The van der Waals surface area contributed by atoms with Crippen LogP contribution in [0, 0.1) is 5.41 Å². The van der Waals surface area contributed by atoms with Gasteiger partial charge in [0.05, 0.1) is 6.54 Å². The summed E-state index contributed by atoms with van der Waals surface area (Å²) in [5.41, 5.74) is 2.79. The quantitative estimate of drug-likeness (QED) is 0.866. The van der Waals surface area contributed by atoms with Gasteiger partial charge in [0.2, 0.25) is 11.8 Å². The molecule has 1 N–H and O–H groups in total. The number of nitrogens with zero attached hydrogens (tertiary/aromatic N) is 2. The number of benzene rings is 1. The zero-order valence-electron chi connectivity index (χ0n) is 17.0. The molecule has 1 atom stereocenters. The Morgan fingerprint density at radius 2 is 1.85 bits per heavy atom. The predicted octanol–water partition coefficient (Wildman–Crippen LogP) is 2.59. The Morgan fingerprint density at radius 1 is 1.11 bits per heavy atom. The van der Waals surface area contributed by atoms with Crippen LogP contribution in [-0.2, 0) is 22.6 Å². The molecule has 0 spiro atoms. The minimum absolute atomic E-state index is 0.0393. The van der Waals surface area contributed by atoms with Gasteiger partial charge in [0.15, 0.2) is 0 Å². The molecule has 1 aromatic carbocycles. The molecule has 0 aromatic heterocycles. The second kappa shape index (κ2) is 8.42. The maximum Gasteiger partial charge on any atom is 0.239 e. The van der Waals surface area contributed by atoms with Gasteiger partial charge in [-0.25, -0.2) is 0 Å². The van der Waals surface area contributed by atoms with Gasteiger partial charge >= 0.3 is 0 Å². The largest absolute Gasteiger partial charge is 0.350 e. The Labute approximate surface area is 163 Å². The Kier molecular flexibility index (Phi) is 6.20. The highest BCUT2D eigenvalue weighted by atomic mass is 16.2. The molecule has 3 rings (SSSR count). The Hall–Kier alpha value is -1.88. The molecular formula is C22H33N3O2. The molecule has 27 heavy (non-hydrogen) atoms.